The third kappa shape index (κ3) is 5.80. The van der Waals surface area contributed by atoms with Gasteiger partial charge in [-0.05, 0) is 25.8 Å². The lowest BCUT2D eigenvalue weighted by Crippen LogP contribution is -2.45. The van der Waals surface area contributed by atoms with Crippen LogP contribution < -0.4 is 0 Å². The van der Waals surface area contributed by atoms with Crippen molar-refractivity contribution in [2.75, 3.05) is 33.4 Å². The Hall–Kier alpha value is -0.160. The van der Waals surface area contributed by atoms with Gasteiger partial charge >= 0.3 is 0 Å². The van der Waals surface area contributed by atoms with Crippen molar-refractivity contribution >= 4 is 0 Å². The molecule has 0 aromatic carbocycles. The summed E-state index contributed by atoms with van der Waals surface area (Å²) in [5, 5.41) is 18.9. The van der Waals surface area contributed by atoms with Gasteiger partial charge < -0.3 is 14.9 Å². The molecule has 98 valence electrons. The number of methoxy groups -OCH3 is 1. The first-order valence-electron chi connectivity index (χ1n) is 6.08. The van der Waals surface area contributed by atoms with E-state index in [1.807, 2.05) is 13.8 Å². The van der Waals surface area contributed by atoms with Crippen LogP contribution in [-0.2, 0) is 4.74 Å². The lowest BCUT2D eigenvalue weighted by molar-refractivity contribution is 0.0299. The first kappa shape index (κ1) is 15.8. The van der Waals surface area contributed by atoms with E-state index in [1.54, 1.807) is 7.11 Å². The first-order valence-corrected chi connectivity index (χ1v) is 6.08. The number of hydrogen-bond acceptors (Lipinski definition) is 4. The van der Waals surface area contributed by atoms with Gasteiger partial charge in [-0.25, -0.2) is 0 Å². The van der Waals surface area contributed by atoms with Crippen molar-refractivity contribution in [3.8, 4) is 0 Å². The Labute approximate surface area is 99.2 Å². The zero-order valence-corrected chi connectivity index (χ0v) is 11.0. The van der Waals surface area contributed by atoms with Crippen LogP contribution in [-0.4, -0.2) is 60.7 Å². The van der Waals surface area contributed by atoms with Gasteiger partial charge in [0.15, 0.2) is 0 Å². The van der Waals surface area contributed by atoms with Crippen molar-refractivity contribution in [1.29, 1.82) is 0 Å². The number of hydrogen-bond donors (Lipinski definition) is 2. The van der Waals surface area contributed by atoms with E-state index < -0.39 is 0 Å². The topological polar surface area (TPSA) is 52.9 Å². The van der Waals surface area contributed by atoms with Gasteiger partial charge in [0.25, 0.3) is 0 Å². The fraction of sp³-hybridized carbons (Fsp3) is 1.00. The molecule has 0 rings (SSSR count). The molecule has 4 nitrogen and oxygen atoms in total. The molecule has 3 atom stereocenters. The predicted octanol–water partition coefficient (Wildman–Crippen LogP) is 0.723. The molecule has 2 N–H and O–H groups in total. The largest absolute Gasteiger partial charge is 0.396 e. The summed E-state index contributed by atoms with van der Waals surface area (Å²) in [6.45, 7) is 8.44. The Balaban J connectivity index is 4.34. The molecule has 16 heavy (non-hydrogen) atoms. The van der Waals surface area contributed by atoms with Crippen LogP contribution in [0.15, 0.2) is 0 Å². The number of likely N-dealkylation sites (N-methyl/N-ethyl adjacent to an activating group) is 1. The van der Waals surface area contributed by atoms with E-state index in [-0.39, 0.29) is 24.7 Å². The first-order chi connectivity index (χ1) is 7.56. The molecule has 0 saturated carbocycles. The second-order valence-electron chi connectivity index (χ2n) is 4.45. The normalized spacial score (nSPS) is 17.4. The fourth-order valence-corrected chi connectivity index (χ4v) is 1.90. The lowest BCUT2D eigenvalue weighted by Gasteiger charge is -2.34. The molecule has 0 aromatic heterocycles. The number of aliphatic hydroxyl groups excluding tert-OH is 2. The number of rotatable bonds is 9. The molecule has 0 aliphatic heterocycles. The molecule has 0 amide bonds. The average Bonchev–Trinajstić information content (AvgIpc) is 2.27. The van der Waals surface area contributed by atoms with Crippen molar-refractivity contribution in [2.24, 2.45) is 5.92 Å². The number of aliphatic hydroxyl groups is 2. The van der Waals surface area contributed by atoms with Crippen LogP contribution in [0.25, 0.3) is 0 Å². The SMILES string of the molecule is CCN(CCOC)C(CC(C)CO)C(C)O. The number of ether oxygens (including phenoxy) is 1. The zero-order chi connectivity index (χ0) is 12.6. The second kappa shape index (κ2) is 8.93. The second-order valence-corrected chi connectivity index (χ2v) is 4.45. The van der Waals surface area contributed by atoms with Gasteiger partial charge in [-0.3, -0.25) is 4.90 Å². The standard InChI is InChI=1S/C12H27NO3/c1-5-13(6-7-16-4)12(11(3)15)8-10(2)9-14/h10-12,14-15H,5-9H2,1-4H3. The van der Waals surface area contributed by atoms with Gasteiger partial charge in [0.2, 0.25) is 0 Å². The summed E-state index contributed by atoms with van der Waals surface area (Å²) in [4.78, 5) is 2.21. The average molecular weight is 233 g/mol. The number of nitrogens with zero attached hydrogens (tertiary/aromatic N) is 1. The summed E-state index contributed by atoms with van der Waals surface area (Å²) < 4.78 is 5.06. The van der Waals surface area contributed by atoms with Crippen LogP contribution in [0.4, 0.5) is 0 Å². The smallest absolute Gasteiger partial charge is 0.0667 e. The van der Waals surface area contributed by atoms with E-state index in [4.69, 9.17) is 9.84 Å². The molecule has 4 heteroatoms. The van der Waals surface area contributed by atoms with E-state index in [1.165, 1.54) is 0 Å². The Morgan fingerprint density at radius 1 is 1.31 bits per heavy atom. The molecule has 0 spiro atoms. The summed E-state index contributed by atoms with van der Waals surface area (Å²) >= 11 is 0. The molecule has 0 aliphatic carbocycles. The fourth-order valence-electron chi connectivity index (χ4n) is 1.90. The minimum Gasteiger partial charge on any atom is -0.396 e. The summed E-state index contributed by atoms with van der Waals surface area (Å²) in [6.07, 6.45) is 0.428. The van der Waals surface area contributed by atoms with Gasteiger partial charge in [-0.15, -0.1) is 0 Å². The van der Waals surface area contributed by atoms with E-state index >= 15 is 0 Å². The summed E-state index contributed by atoms with van der Waals surface area (Å²) in [5.41, 5.74) is 0. The molecule has 0 radical (unpaired) electrons. The van der Waals surface area contributed by atoms with Crippen molar-refractivity contribution in [2.45, 2.75) is 39.3 Å². The van der Waals surface area contributed by atoms with Crippen LogP contribution in [0.1, 0.15) is 27.2 Å². The molecule has 0 saturated heterocycles. The van der Waals surface area contributed by atoms with Crippen molar-refractivity contribution in [3.63, 3.8) is 0 Å². The Morgan fingerprint density at radius 3 is 2.31 bits per heavy atom. The van der Waals surface area contributed by atoms with E-state index in [0.29, 0.717) is 6.61 Å². The van der Waals surface area contributed by atoms with Gasteiger partial charge in [0, 0.05) is 26.3 Å². The minimum atomic E-state index is -0.384. The monoisotopic (exact) mass is 233 g/mol. The van der Waals surface area contributed by atoms with Gasteiger partial charge in [0.05, 0.1) is 12.7 Å². The van der Waals surface area contributed by atoms with E-state index in [9.17, 15) is 5.11 Å². The molecule has 0 fully saturated rings. The van der Waals surface area contributed by atoms with E-state index in [2.05, 4.69) is 11.8 Å². The molecule has 0 aromatic rings. The predicted molar refractivity (Wildman–Crippen MR) is 65.5 cm³/mol. The van der Waals surface area contributed by atoms with Crippen LogP contribution in [0.5, 0.6) is 0 Å². The van der Waals surface area contributed by atoms with E-state index in [0.717, 1.165) is 19.5 Å². The maximum absolute atomic E-state index is 9.79. The quantitative estimate of drug-likeness (QED) is 0.616. The molecular formula is C12H27NO3. The maximum atomic E-state index is 9.79. The molecule has 0 bridgehead atoms. The summed E-state index contributed by atoms with van der Waals surface area (Å²) in [6, 6.07) is 0.0994. The lowest BCUT2D eigenvalue weighted by atomic mass is 9.97. The van der Waals surface area contributed by atoms with Crippen LogP contribution >= 0.6 is 0 Å². The van der Waals surface area contributed by atoms with Crippen LogP contribution in [0.3, 0.4) is 0 Å². The highest BCUT2D eigenvalue weighted by atomic mass is 16.5. The van der Waals surface area contributed by atoms with Crippen molar-refractivity contribution in [1.82, 2.24) is 4.90 Å². The molecule has 0 aliphatic rings. The zero-order valence-electron chi connectivity index (χ0n) is 11.0. The van der Waals surface area contributed by atoms with Crippen molar-refractivity contribution in [3.05, 3.63) is 0 Å². The van der Waals surface area contributed by atoms with Crippen LogP contribution in [0, 0.1) is 5.92 Å². The minimum absolute atomic E-state index is 0.0994. The van der Waals surface area contributed by atoms with Gasteiger partial charge in [-0.1, -0.05) is 13.8 Å². The third-order valence-corrected chi connectivity index (χ3v) is 2.97. The highest BCUT2D eigenvalue weighted by Gasteiger charge is 2.23. The van der Waals surface area contributed by atoms with Gasteiger partial charge in [0.1, 0.15) is 0 Å². The Kier molecular flexibility index (Phi) is 8.84. The van der Waals surface area contributed by atoms with Crippen molar-refractivity contribution < 1.29 is 14.9 Å². The molecular weight excluding hydrogens is 206 g/mol. The van der Waals surface area contributed by atoms with Gasteiger partial charge in [-0.2, -0.15) is 0 Å². The third-order valence-electron chi connectivity index (χ3n) is 2.97. The Morgan fingerprint density at radius 2 is 1.94 bits per heavy atom. The Bertz CT molecular complexity index is 164. The summed E-state index contributed by atoms with van der Waals surface area (Å²) in [7, 11) is 1.68. The maximum Gasteiger partial charge on any atom is 0.0667 e. The van der Waals surface area contributed by atoms with Crippen LogP contribution in [0.2, 0.25) is 0 Å². The highest BCUT2D eigenvalue weighted by Crippen LogP contribution is 2.15. The molecule has 0 heterocycles. The summed E-state index contributed by atoms with van der Waals surface area (Å²) in [5.74, 6) is 0.219. The highest BCUT2D eigenvalue weighted by molar-refractivity contribution is 4.77. The molecule has 3 unspecified atom stereocenters.